The van der Waals surface area contributed by atoms with Crippen molar-refractivity contribution in [1.82, 2.24) is 14.5 Å². The fraction of sp³-hybridized carbons (Fsp3) is 0.519. The van der Waals surface area contributed by atoms with Gasteiger partial charge in [-0.15, -0.1) is 0 Å². The number of carbonyl (C=O) groups is 1. The number of likely N-dealkylation sites (tertiary alicyclic amines) is 1. The van der Waals surface area contributed by atoms with Gasteiger partial charge in [0.25, 0.3) is 0 Å². The predicted octanol–water partition coefficient (Wildman–Crippen LogP) is 3.46. The molecule has 2 saturated heterocycles. The van der Waals surface area contributed by atoms with E-state index in [1.165, 1.54) is 10.6 Å². The van der Waals surface area contributed by atoms with Gasteiger partial charge in [-0.3, -0.25) is 9.69 Å². The Balaban J connectivity index is 1.52. The molecule has 184 valence electrons. The molecule has 0 spiro atoms. The smallest absolute Gasteiger partial charge is 0.237 e. The van der Waals surface area contributed by atoms with Crippen molar-refractivity contribution in [1.29, 1.82) is 0 Å². The number of piperidine rings is 1. The van der Waals surface area contributed by atoms with Crippen LogP contribution >= 0.6 is 0 Å². The lowest BCUT2D eigenvalue weighted by Gasteiger charge is -2.35. The Morgan fingerprint density at radius 3 is 2.09 bits per heavy atom. The average molecular weight is 484 g/mol. The Bertz CT molecular complexity index is 1000. The van der Waals surface area contributed by atoms with E-state index >= 15 is 0 Å². The van der Waals surface area contributed by atoms with Gasteiger partial charge in [-0.1, -0.05) is 60.7 Å². The fourth-order valence-corrected chi connectivity index (χ4v) is 6.84. The van der Waals surface area contributed by atoms with Crippen molar-refractivity contribution < 1.29 is 13.2 Å². The minimum Gasteiger partial charge on any atom is -0.317 e. The second-order valence-corrected chi connectivity index (χ2v) is 11.7. The van der Waals surface area contributed by atoms with Crippen LogP contribution in [0.5, 0.6) is 0 Å². The van der Waals surface area contributed by atoms with E-state index in [1.807, 2.05) is 60.7 Å². The molecule has 0 radical (unpaired) electrons. The summed E-state index contributed by atoms with van der Waals surface area (Å²) in [4.78, 5) is 16.0. The van der Waals surface area contributed by atoms with Crippen molar-refractivity contribution in [2.75, 3.05) is 32.4 Å². The van der Waals surface area contributed by atoms with Crippen LogP contribution in [0, 0.1) is 5.92 Å². The number of benzene rings is 2. The van der Waals surface area contributed by atoms with Crippen LogP contribution in [0.15, 0.2) is 60.7 Å². The summed E-state index contributed by atoms with van der Waals surface area (Å²) < 4.78 is 26.9. The Hall–Kier alpha value is -2.22. The Labute approximate surface area is 204 Å². The lowest BCUT2D eigenvalue weighted by Crippen LogP contribution is -2.47. The molecule has 1 N–H and O–H groups in total. The molecule has 2 aliphatic rings. The third kappa shape index (κ3) is 5.88. The molecular weight excluding hydrogens is 446 g/mol. The molecule has 2 unspecified atom stereocenters. The highest BCUT2D eigenvalue weighted by molar-refractivity contribution is 7.88. The quantitative estimate of drug-likeness (QED) is 0.623. The summed E-state index contributed by atoms with van der Waals surface area (Å²) in [6, 6.07) is 19.9. The van der Waals surface area contributed by atoms with Gasteiger partial charge >= 0.3 is 0 Å². The van der Waals surface area contributed by atoms with E-state index in [4.69, 9.17) is 0 Å². The molecule has 2 atom stereocenters. The molecule has 0 bridgehead atoms. The summed E-state index contributed by atoms with van der Waals surface area (Å²) in [6.07, 6.45) is 4.28. The highest BCUT2D eigenvalue weighted by atomic mass is 32.2. The molecule has 0 saturated carbocycles. The third-order valence-corrected chi connectivity index (χ3v) is 8.77. The molecule has 2 aliphatic heterocycles. The molecule has 1 amide bonds. The summed E-state index contributed by atoms with van der Waals surface area (Å²) in [7, 11) is -3.68. The molecule has 34 heavy (non-hydrogen) atoms. The van der Waals surface area contributed by atoms with Crippen molar-refractivity contribution in [2.24, 2.45) is 5.92 Å². The highest BCUT2D eigenvalue weighted by Gasteiger charge is 2.39. The number of nitrogens with zero attached hydrogens (tertiary/aromatic N) is 2. The van der Waals surface area contributed by atoms with Crippen LogP contribution in [-0.4, -0.2) is 68.0 Å². The lowest BCUT2D eigenvalue weighted by molar-refractivity contribution is -0.128. The van der Waals surface area contributed by atoms with Gasteiger partial charge in [0.05, 0.1) is 12.3 Å². The summed E-state index contributed by atoms with van der Waals surface area (Å²) in [5.41, 5.74) is 2.03. The second kappa shape index (κ2) is 11.0. The van der Waals surface area contributed by atoms with Crippen molar-refractivity contribution in [3.8, 4) is 0 Å². The monoisotopic (exact) mass is 483 g/mol. The minimum absolute atomic E-state index is 0.126. The van der Waals surface area contributed by atoms with Crippen LogP contribution in [0.3, 0.4) is 0 Å². The van der Waals surface area contributed by atoms with Crippen LogP contribution < -0.4 is 5.32 Å². The third-order valence-electron chi connectivity index (χ3n) is 7.55. The van der Waals surface area contributed by atoms with Crippen molar-refractivity contribution in [2.45, 2.75) is 50.6 Å². The summed E-state index contributed by atoms with van der Waals surface area (Å²) in [5.74, 6) is 0.106. The molecular formula is C27H37N3O3S. The van der Waals surface area contributed by atoms with Crippen LogP contribution in [-0.2, 0) is 14.8 Å². The largest absolute Gasteiger partial charge is 0.317 e. The second-order valence-electron chi connectivity index (χ2n) is 9.80. The average Bonchev–Trinajstić information content (AvgIpc) is 3.32. The topological polar surface area (TPSA) is 69.7 Å². The SMILES string of the molecule is CC(C1CCNCC1)N1CCC(N(C(=O)CC(c2ccccc2)c2ccccc2)S(C)(=O)=O)C1. The molecule has 6 nitrogen and oxygen atoms in total. The highest BCUT2D eigenvalue weighted by Crippen LogP contribution is 2.31. The summed E-state index contributed by atoms with van der Waals surface area (Å²) in [6.45, 7) is 5.79. The van der Waals surface area contributed by atoms with Crippen molar-refractivity contribution >= 4 is 15.9 Å². The molecule has 7 heteroatoms. The van der Waals surface area contributed by atoms with E-state index in [1.54, 1.807) is 0 Å². The minimum atomic E-state index is -3.68. The molecule has 0 aliphatic carbocycles. The van der Waals surface area contributed by atoms with Gasteiger partial charge in [-0.05, 0) is 56.3 Å². The van der Waals surface area contributed by atoms with Crippen molar-refractivity contribution in [3.05, 3.63) is 71.8 Å². The van der Waals surface area contributed by atoms with Gasteiger partial charge in [0.15, 0.2) is 0 Å². The number of amides is 1. The van der Waals surface area contributed by atoms with Gasteiger partial charge in [0.2, 0.25) is 15.9 Å². The molecule has 2 heterocycles. The van der Waals surface area contributed by atoms with Gasteiger partial charge in [-0.25, -0.2) is 12.7 Å². The number of hydrogen-bond donors (Lipinski definition) is 1. The van der Waals surface area contributed by atoms with E-state index in [2.05, 4.69) is 17.1 Å². The normalized spacial score (nSPS) is 21.0. The van der Waals surface area contributed by atoms with Crippen LogP contribution in [0.4, 0.5) is 0 Å². The van der Waals surface area contributed by atoms with Gasteiger partial charge in [0.1, 0.15) is 0 Å². The first-order chi connectivity index (χ1) is 16.3. The number of rotatable bonds is 8. The first-order valence-electron chi connectivity index (χ1n) is 12.4. The zero-order valence-electron chi connectivity index (χ0n) is 20.3. The number of sulfonamides is 1. The first-order valence-corrected chi connectivity index (χ1v) is 14.3. The van der Waals surface area contributed by atoms with Gasteiger partial charge < -0.3 is 5.32 Å². The maximum absolute atomic E-state index is 13.6. The molecule has 0 aromatic heterocycles. The summed E-state index contributed by atoms with van der Waals surface area (Å²) >= 11 is 0. The Kier molecular flexibility index (Phi) is 8.06. The lowest BCUT2D eigenvalue weighted by atomic mass is 9.88. The number of hydrogen-bond acceptors (Lipinski definition) is 5. The van der Waals surface area contributed by atoms with Crippen LogP contribution in [0.2, 0.25) is 0 Å². The van der Waals surface area contributed by atoms with E-state index in [-0.39, 0.29) is 24.3 Å². The summed E-state index contributed by atoms with van der Waals surface area (Å²) in [5, 5.41) is 3.42. The maximum atomic E-state index is 13.6. The van der Waals surface area contributed by atoms with E-state index in [0.29, 0.717) is 24.9 Å². The zero-order chi connectivity index (χ0) is 24.1. The number of carbonyl (C=O) groups excluding carboxylic acids is 1. The Morgan fingerprint density at radius 2 is 1.56 bits per heavy atom. The maximum Gasteiger partial charge on any atom is 0.237 e. The van der Waals surface area contributed by atoms with Gasteiger partial charge in [0, 0.05) is 31.5 Å². The predicted molar refractivity (Wildman–Crippen MR) is 136 cm³/mol. The number of nitrogens with one attached hydrogen (secondary N) is 1. The van der Waals surface area contributed by atoms with E-state index in [9.17, 15) is 13.2 Å². The molecule has 2 aromatic rings. The zero-order valence-corrected chi connectivity index (χ0v) is 21.1. The Morgan fingerprint density at radius 1 is 1.00 bits per heavy atom. The standard InChI is InChI=1S/C27H37N3O3S/c1-21(22-13-16-28-17-14-22)29-18-15-25(20-29)30(34(2,32)33)27(31)19-26(23-9-5-3-6-10-23)24-11-7-4-8-12-24/h3-12,21-22,25-26,28H,13-20H2,1-2H3. The van der Waals surface area contributed by atoms with Crippen molar-refractivity contribution in [3.63, 3.8) is 0 Å². The van der Waals surface area contributed by atoms with Gasteiger partial charge in [-0.2, -0.15) is 0 Å². The first kappa shape index (κ1) is 24.9. The van der Waals surface area contributed by atoms with Crippen LogP contribution in [0.25, 0.3) is 0 Å². The van der Waals surface area contributed by atoms with Crippen LogP contribution in [0.1, 0.15) is 49.7 Å². The molecule has 4 rings (SSSR count). The van der Waals surface area contributed by atoms with E-state index in [0.717, 1.165) is 43.6 Å². The van der Waals surface area contributed by atoms with E-state index < -0.39 is 10.0 Å². The fourth-order valence-electron chi connectivity index (χ4n) is 5.68. The molecule has 2 aromatic carbocycles. The molecule has 2 fully saturated rings.